The third kappa shape index (κ3) is 8.56. The number of hydrogen-bond donors (Lipinski definition) is 4. The number of hydrogen-bond acceptors (Lipinski definition) is 10. The van der Waals surface area contributed by atoms with E-state index in [4.69, 9.17) is 16.3 Å². The highest BCUT2D eigenvalue weighted by molar-refractivity contribution is 6.49. The lowest BCUT2D eigenvalue weighted by Gasteiger charge is -2.50. The second kappa shape index (κ2) is 16.9. The zero-order chi connectivity index (χ0) is 42.3. The molecule has 2 saturated heterocycles. The summed E-state index contributed by atoms with van der Waals surface area (Å²) in [6.45, 7) is 12.1. The van der Waals surface area contributed by atoms with Gasteiger partial charge in [-0.25, -0.2) is 9.88 Å². The third-order valence-electron chi connectivity index (χ3n) is 12.0. The fourth-order valence-electron chi connectivity index (χ4n) is 8.71. The number of aryl methyl sites for hydroxylation is 1. The van der Waals surface area contributed by atoms with Gasteiger partial charge in [0, 0.05) is 30.4 Å². The Morgan fingerprint density at radius 2 is 1.72 bits per heavy atom. The number of halogens is 1. The van der Waals surface area contributed by atoms with Crippen LogP contribution in [0.3, 0.4) is 0 Å². The van der Waals surface area contributed by atoms with Crippen molar-refractivity contribution in [3.05, 3.63) is 45.9 Å². The Hall–Kier alpha value is -4.63. The minimum atomic E-state index is -1.50. The summed E-state index contributed by atoms with van der Waals surface area (Å²) in [6, 6.07) is -0.302. The van der Waals surface area contributed by atoms with Crippen LogP contribution in [0.4, 0.5) is 0 Å². The van der Waals surface area contributed by atoms with E-state index in [9.17, 15) is 33.6 Å². The van der Waals surface area contributed by atoms with E-state index in [1.807, 2.05) is 6.92 Å². The van der Waals surface area contributed by atoms with E-state index in [1.54, 1.807) is 46.8 Å². The number of Topliss-reactive ketones (excluding diaryl/α,β-unsaturated/α-hetero) is 2. The number of amides is 5. The highest BCUT2D eigenvalue weighted by atomic mass is 35.5. The predicted octanol–water partition coefficient (Wildman–Crippen LogP) is 4.33. The normalized spacial score (nSPS) is 23.6. The smallest absolute Gasteiger partial charge is 0.302 e. The molecule has 5 atom stereocenters. The monoisotopic (exact) mass is 821 g/mol. The van der Waals surface area contributed by atoms with Gasteiger partial charge >= 0.3 is 5.91 Å². The fraction of sp³-hybridized carbons (Fsp3) is 0.619. The number of β-lactam (4-membered cyclic amide) rings is 1. The van der Waals surface area contributed by atoms with Gasteiger partial charge in [-0.05, 0) is 75.8 Å². The maximum atomic E-state index is 15.0. The SMILES string of the molecule is CCC[C@@]1(NC2CC2)C(=O)C(=O)N1C(=O)[C@@H]1C[C@@H](Oc2ccc(Cl)cn2)CN1C(=O)[C@@H](NC(=O)[C@@H](NC(=O)c1[nH]c(C)c(C)c1C(C)=O)C1CCCCC1)C(C)(C)C. The number of aromatic amines is 1. The highest BCUT2D eigenvalue weighted by Crippen LogP contribution is 2.38. The first-order valence-corrected chi connectivity index (χ1v) is 20.9. The van der Waals surface area contributed by atoms with Gasteiger partial charge in [0.2, 0.25) is 17.7 Å². The van der Waals surface area contributed by atoms with Gasteiger partial charge in [-0.1, -0.05) is 65.0 Å². The quantitative estimate of drug-likeness (QED) is 0.0921. The summed E-state index contributed by atoms with van der Waals surface area (Å²) in [7, 11) is 0. The number of rotatable bonds is 14. The van der Waals surface area contributed by atoms with Crippen LogP contribution in [0, 0.1) is 25.2 Å². The van der Waals surface area contributed by atoms with Gasteiger partial charge in [0.15, 0.2) is 11.4 Å². The number of carbonyl (C=O) groups is 7. The summed E-state index contributed by atoms with van der Waals surface area (Å²) < 4.78 is 6.17. The summed E-state index contributed by atoms with van der Waals surface area (Å²) in [4.78, 5) is 107. The second-order valence-corrected chi connectivity index (χ2v) is 17.9. The molecule has 15 nitrogen and oxygen atoms in total. The average molecular weight is 822 g/mol. The Kier molecular flexibility index (Phi) is 12.5. The van der Waals surface area contributed by atoms with Crippen LogP contribution < -0.4 is 20.7 Å². The Labute approximate surface area is 344 Å². The Balaban J connectivity index is 1.31. The van der Waals surface area contributed by atoms with Crippen molar-refractivity contribution in [2.45, 2.75) is 149 Å². The number of aromatic nitrogens is 2. The molecule has 2 aliphatic heterocycles. The second-order valence-electron chi connectivity index (χ2n) is 17.5. The number of pyridine rings is 1. The first-order valence-electron chi connectivity index (χ1n) is 20.5. The summed E-state index contributed by atoms with van der Waals surface area (Å²) in [5.41, 5.74) is -0.761. The van der Waals surface area contributed by atoms with Gasteiger partial charge in [-0.2, -0.15) is 0 Å². The van der Waals surface area contributed by atoms with Crippen LogP contribution in [0.5, 0.6) is 5.88 Å². The molecule has 0 spiro atoms. The first kappa shape index (κ1) is 43.0. The molecule has 2 saturated carbocycles. The Morgan fingerprint density at radius 1 is 1.03 bits per heavy atom. The number of likely N-dealkylation sites (tertiary alicyclic amines) is 2. The molecule has 0 radical (unpaired) electrons. The van der Waals surface area contributed by atoms with Gasteiger partial charge in [0.1, 0.15) is 29.9 Å². The standard InChI is InChI=1S/C42H56ClN7O8/c1-8-18-42(48-27-15-16-27)35(52)40(57)50(42)38(55)29-19-28(58-30-17-14-26(43)20-44-30)21-49(29)39(56)34(41(5,6)7)47-36(53)32(25-12-10-9-11-13-25)46-37(54)33-31(24(4)51)22(2)23(3)45-33/h14,17,20,25,27-29,32,34,45,48H,8-13,15-16,18-19,21H2,1-7H3,(H,46,54)(H,47,53)/t28-,29+,32+,34-,42+/m1/s1. The van der Waals surface area contributed by atoms with E-state index in [2.05, 4.69) is 25.9 Å². The lowest BCUT2D eigenvalue weighted by molar-refractivity contribution is -0.182. The van der Waals surface area contributed by atoms with Crippen LogP contribution in [0.15, 0.2) is 18.3 Å². The molecule has 58 heavy (non-hydrogen) atoms. The number of nitrogens with one attached hydrogen (secondary N) is 4. The first-order chi connectivity index (χ1) is 27.4. The Morgan fingerprint density at radius 3 is 2.31 bits per heavy atom. The van der Waals surface area contributed by atoms with Crippen molar-refractivity contribution in [1.82, 2.24) is 35.7 Å². The van der Waals surface area contributed by atoms with Crippen molar-refractivity contribution in [2.75, 3.05) is 6.54 Å². The molecular formula is C42H56ClN7O8. The highest BCUT2D eigenvalue weighted by Gasteiger charge is 2.65. The van der Waals surface area contributed by atoms with Crippen LogP contribution >= 0.6 is 11.6 Å². The Bertz CT molecular complexity index is 1970. The molecule has 4 N–H and O–H groups in total. The van der Waals surface area contributed by atoms with E-state index >= 15 is 0 Å². The van der Waals surface area contributed by atoms with Gasteiger partial charge in [-0.3, -0.25) is 38.9 Å². The van der Waals surface area contributed by atoms with E-state index in [-0.39, 0.29) is 54.3 Å². The molecule has 6 rings (SSSR count). The largest absolute Gasteiger partial charge is 0.472 e. The minimum absolute atomic E-state index is 0.00976. The molecule has 0 unspecified atom stereocenters. The third-order valence-corrected chi connectivity index (χ3v) is 12.2. The van der Waals surface area contributed by atoms with E-state index in [0.717, 1.165) is 37.0 Å². The number of H-pyrrole nitrogens is 1. The molecule has 314 valence electrons. The van der Waals surface area contributed by atoms with Crippen molar-refractivity contribution in [3.8, 4) is 5.88 Å². The van der Waals surface area contributed by atoms with Crippen LogP contribution in [0.25, 0.3) is 0 Å². The molecular weight excluding hydrogens is 766 g/mol. The van der Waals surface area contributed by atoms with Crippen molar-refractivity contribution in [3.63, 3.8) is 0 Å². The molecule has 0 aromatic carbocycles. The van der Waals surface area contributed by atoms with Gasteiger partial charge in [-0.15, -0.1) is 0 Å². The van der Waals surface area contributed by atoms with Gasteiger partial charge < -0.3 is 25.3 Å². The fourth-order valence-corrected chi connectivity index (χ4v) is 8.82. The van der Waals surface area contributed by atoms with Crippen molar-refractivity contribution in [1.29, 1.82) is 0 Å². The molecule has 2 aromatic heterocycles. The molecule has 4 heterocycles. The van der Waals surface area contributed by atoms with Crippen LogP contribution in [-0.4, -0.2) is 103 Å². The molecule has 4 fully saturated rings. The topological polar surface area (TPSA) is 200 Å². The average Bonchev–Trinajstić information content (AvgIpc) is 3.81. The predicted molar refractivity (Wildman–Crippen MR) is 214 cm³/mol. The molecule has 2 aromatic rings. The lowest BCUT2D eigenvalue weighted by atomic mass is 9.82. The van der Waals surface area contributed by atoms with Crippen molar-refractivity contribution in [2.24, 2.45) is 11.3 Å². The summed E-state index contributed by atoms with van der Waals surface area (Å²) in [6.07, 6.45) is 7.06. The maximum absolute atomic E-state index is 15.0. The van der Waals surface area contributed by atoms with Crippen LogP contribution in [0.2, 0.25) is 5.02 Å². The number of carbonyl (C=O) groups excluding carboxylic acids is 7. The van der Waals surface area contributed by atoms with E-state index in [1.165, 1.54) is 18.0 Å². The molecule has 16 heteroatoms. The number of ketones is 2. The van der Waals surface area contributed by atoms with Gasteiger partial charge in [0.25, 0.3) is 17.6 Å². The number of ether oxygens (including phenoxy) is 1. The zero-order valence-corrected chi connectivity index (χ0v) is 35.2. The van der Waals surface area contributed by atoms with Crippen molar-refractivity contribution < 1.29 is 38.3 Å². The molecule has 4 aliphatic rings. The minimum Gasteiger partial charge on any atom is -0.472 e. The summed E-state index contributed by atoms with van der Waals surface area (Å²) in [5.74, 6) is -4.40. The van der Waals surface area contributed by atoms with Crippen LogP contribution in [-0.2, 0) is 24.0 Å². The molecule has 5 amide bonds. The lowest BCUT2D eigenvalue weighted by Crippen LogP contribution is -2.81. The van der Waals surface area contributed by atoms with Crippen molar-refractivity contribution >= 4 is 52.7 Å². The maximum Gasteiger partial charge on any atom is 0.302 e. The molecule has 2 aliphatic carbocycles. The molecule has 0 bridgehead atoms. The van der Waals surface area contributed by atoms with Crippen LogP contribution in [0.1, 0.15) is 131 Å². The van der Waals surface area contributed by atoms with Gasteiger partial charge in [0.05, 0.1) is 17.1 Å². The number of imide groups is 1. The zero-order valence-electron chi connectivity index (χ0n) is 34.5. The van der Waals surface area contributed by atoms with E-state index < -0.39 is 70.6 Å². The summed E-state index contributed by atoms with van der Waals surface area (Å²) >= 11 is 6.05. The number of nitrogens with zero attached hydrogens (tertiary/aromatic N) is 3. The summed E-state index contributed by atoms with van der Waals surface area (Å²) in [5, 5.41) is 9.54. The van der Waals surface area contributed by atoms with E-state index in [0.29, 0.717) is 35.5 Å².